The Labute approximate surface area is 139 Å². The lowest BCUT2D eigenvalue weighted by Crippen LogP contribution is -2.28. The number of hydrogen-bond acceptors (Lipinski definition) is 5. The first-order chi connectivity index (χ1) is 11.2. The summed E-state index contributed by atoms with van der Waals surface area (Å²) >= 11 is 1.55. The number of nitrogens with one attached hydrogen (secondary N) is 1. The predicted molar refractivity (Wildman–Crippen MR) is 88.9 cm³/mol. The van der Waals surface area contributed by atoms with Crippen molar-refractivity contribution in [3.05, 3.63) is 47.9 Å². The Bertz CT molecular complexity index is 657. The molecule has 0 aliphatic carbocycles. The van der Waals surface area contributed by atoms with Gasteiger partial charge in [0.15, 0.2) is 11.5 Å². The van der Waals surface area contributed by atoms with Crippen molar-refractivity contribution in [3.8, 4) is 11.5 Å². The van der Waals surface area contributed by atoms with Crippen LogP contribution in [0.25, 0.3) is 0 Å². The first-order valence-electron chi connectivity index (χ1n) is 7.52. The molecule has 2 aromatic rings. The van der Waals surface area contributed by atoms with Crippen LogP contribution in [0.4, 0.5) is 0 Å². The Morgan fingerprint density at radius 1 is 1.26 bits per heavy atom. The first kappa shape index (κ1) is 15.8. The van der Waals surface area contributed by atoms with Gasteiger partial charge in [0, 0.05) is 11.3 Å². The van der Waals surface area contributed by atoms with Crippen LogP contribution in [0.15, 0.2) is 41.0 Å². The number of furan rings is 1. The van der Waals surface area contributed by atoms with E-state index < -0.39 is 0 Å². The van der Waals surface area contributed by atoms with Crippen molar-refractivity contribution in [2.24, 2.45) is 0 Å². The van der Waals surface area contributed by atoms with E-state index in [1.807, 2.05) is 37.3 Å². The van der Waals surface area contributed by atoms with E-state index >= 15 is 0 Å². The SMILES string of the molecule is CC(NC(=O)CSCc1cccc2c1OCCO2)c1ccco1. The van der Waals surface area contributed by atoms with Gasteiger partial charge < -0.3 is 19.2 Å². The van der Waals surface area contributed by atoms with E-state index in [2.05, 4.69) is 5.32 Å². The third-order valence-electron chi connectivity index (χ3n) is 3.49. The molecule has 23 heavy (non-hydrogen) atoms. The highest BCUT2D eigenvalue weighted by molar-refractivity contribution is 7.99. The van der Waals surface area contributed by atoms with Crippen LogP contribution in [0.1, 0.15) is 24.3 Å². The topological polar surface area (TPSA) is 60.7 Å². The molecule has 3 rings (SSSR count). The molecule has 1 aliphatic rings. The van der Waals surface area contributed by atoms with Gasteiger partial charge in [-0.1, -0.05) is 12.1 Å². The molecule has 1 aromatic carbocycles. The van der Waals surface area contributed by atoms with E-state index in [-0.39, 0.29) is 11.9 Å². The van der Waals surface area contributed by atoms with Crippen molar-refractivity contribution in [1.82, 2.24) is 5.32 Å². The van der Waals surface area contributed by atoms with Crippen LogP contribution in [-0.2, 0) is 10.5 Å². The summed E-state index contributed by atoms with van der Waals surface area (Å²) in [4.78, 5) is 12.0. The van der Waals surface area contributed by atoms with Crippen molar-refractivity contribution in [3.63, 3.8) is 0 Å². The molecule has 0 saturated carbocycles. The predicted octanol–water partition coefficient (Wildman–Crippen LogP) is 3.16. The Morgan fingerprint density at radius 3 is 2.96 bits per heavy atom. The Balaban J connectivity index is 1.49. The van der Waals surface area contributed by atoms with Crippen LogP contribution in [0, 0.1) is 0 Å². The van der Waals surface area contributed by atoms with Gasteiger partial charge >= 0.3 is 0 Å². The second-order valence-corrected chi connectivity index (χ2v) is 6.22. The Hall–Kier alpha value is -2.08. The maximum Gasteiger partial charge on any atom is 0.230 e. The number of para-hydroxylation sites is 1. The van der Waals surface area contributed by atoms with Crippen LogP contribution >= 0.6 is 11.8 Å². The average molecular weight is 333 g/mol. The van der Waals surface area contributed by atoms with Crippen LogP contribution in [0.2, 0.25) is 0 Å². The van der Waals surface area contributed by atoms with Gasteiger partial charge in [0.2, 0.25) is 5.91 Å². The summed E-state index contributed by atoms with van der Waals surface area (Å²) in [5.41, 5.74) is 1.05. The van der Waals surface area contributed by atoms with E-state index in [1.54, 1.807) is 18.0 Å². The standard InChI is InChI=1S/C17H19NO4S/c1-12(14-6-3-7-20-14)18-16(19)11-23-10-13-4-2-5-15-17(13)22-9-8-21-15/h2-7,12H,8-11H2,1H3,(H,18,19). The summed E-state index contributed by atoms with van der Waals surface area (Å²) in [7, 11) is 0. The molecule has 1 unspecified atom stereocenters. The molecule has 0 spiro atoms. The fourth-order valence-electron chi connectivity index (χ4n) is 2.39. The maximum atomic E-state index is 12.0. The number of carbonyl (C=O) groups is 1. The number of rotatable bonds is 6. The quantitative estimate of drug-likeness (QED) is 0.880. The molecule has 6 heteroatoms. The highest BCUT2D eigenvalue weighted by Crippen LogP contribution is 2.35. The third-order valence-corrected chi connectivity index (χ3v) is 4.47. The Kier molecular flexibility index (Phi) is 5.12. The molecule has 5 nitrogen and oxygen atoms in total. The molecule has 2 heterocycles. The lowest BCUT2D eigenvalue weighted by molar-refractivity contribution is -0.119. The van der Waals surface area contributed by atoms with Gasteiger partial charge in [0.05, 0.1) is 18.1 Å². The van der Waals surface area contributed by atoms with Gasteiger partial charge in [-0.05, 0) is 25.1 Å². The number of fused-ring (bicyclic) bond motifs is 1. The first-order valence-corrected chi connectivity index (χ1v) is 8.67. The minimum atomic E-state index is -0.126. The van der Waals surface area contributed by atoms with E-state index in [0.29, 0.717) is 24.7 Å². The van der Waals surface area contributed by atoms with Crippen molar-refractivity contribution in [1.29, 1.82) is 0 Å². The third kappa shape index (κ3) is 4.01. The smallest absolute Gasteiger partial charge is 0.230 e. The minimum absolute atomic E-state index is 0.0131. The molecule has 0 radical (unpaired) electrons. The summed E-state index contributed by atoms with van der Waals surface area (Å²) in [6, 6.07) is 9.39. The van der Waals surface area contributed by atoms with Gasteiger partial charge in [-0.25, -0.2) is 0 Å². The number of amides is 1. The summed E-state index contributed by atoms with van der Waals surface area (Å²) in [5, 5.41) is 2.92. The van der Waals surface area contributed by atoms with E-state index in [0.717, 1.165) is 22.8 Å². The van der Waals surface area contributed by atoms with Crippen molar-refractivity contribution >= 4 is 17.7 Å². The molecule has 1 aliphatic heterocycles. The number of ether oxygens (including phenoxy) is 2. The van der Waals surface area contributed by atoms with Crippen LogP contribution < -0.4 is 14.8 Å². The number of thioether (sulfide) groups is 1. The molecule has 1 N–H and O–H groups in total. The molecule has 1 amide bonds. The molecule has 1 aromatic heterocycles. The van der Waals surface area contributed by atoms with Crippen LogP contribution in [0.3, 0.4) is 0 Å². The van der Waals surface area contributed by atoms with Crippen molar-refractivity contribution < 1.29 is 18.7 Å². The zero-order valence-corrected chi connectivity index (χ0v) is 13.7. The molecular weight excluding hydrogens is 314 g/mol. The van der Waals surface area contributed by atoms with Crippen molar-refractivity contribution in [2.75, 3.05) is 19.0 Å². The van der Waals surface area contributed by atoms with E-state index in [4.69, 9.17) is 13.9 Å². The fraction of sp³-hybridized carbons (Fsp3) is 0.353. The summed E-state index contributed by atoms with van der Waals surface area (Å²) in [6.07, 6.45) is 1.60. The maximum absolute atomic E-state index is 12.0. The van der Waals surface area contributed by atoms with Gasteiger partial charge in [-0.15, -0.1) is 11.8 Å². The van der Waals surface area contributed by atoms with Gasteiger partial charge in [-0.2, -0.15) is 0 Å². The summed E-state index contributed by atoms with van der Waals surface area (Å²) in [6.45, 7) is 3.05. The van der Waals surface area contributed by atoms with Crippen LogP contribution in [-0.4, -0.2) is 24.9 Å². The highest BCUT2D eigenvalue weighted by Gasteiger charge is 2.16. The lowest BCUT2D eigenvalue weighted by atomic mass is 10.2. The minimum Gasteiger partial charge on any atom is -0.486 e. The van der Waals surface area contributed by atoms with E-state index in [1.165, 1.54) is 0 Å². The number of carbonyl (C=O) groups excluding carboxylic acids is 1. The second-order valence-electron chi connectivity index (χ2n) is 5.24. The normalized spacial score (nSPS) is 14.3. The lowest BCUT2D eigenvalue weighted by Gasteiger charge is -2.20. The fourth-order valence-corrected chi connectivity index (χ4v) is 3.21. The summed E-state index contributed by atoms with van der Waals surface area (Å²) < 4.78 is 16.5. The zero-order chi connectivity index (χ0) is 16.1. The van der Waals surface area contributed by atoms with Crippen LogP contribution in [0.5, 0.6) is 11.5 Å². The van der Waals surface area contributed by atoms with E-state index in [9.17, 15) is 4.79 Å². The van der Waals surface area contributed by atoms with Gasteiger partial charge in [-0.3, -0.25) is 4.79 Å². The Morgan fingerprint density at radius 2 is 2.13 bits per heavy atom. The molecule has 122 valence electrons. The monoisotopic (exact) mass is 333 g/mol. The van der Waals surface area contributed by atoms with Gasteiger partial charge in [0.1, 0.15) is 19.0 Å². The zero-order valence-electron chi connectivity index (χ0n) is 12.9. The molecule has 0 saturated heterocycles. The highest BCUT2D eigenvalue weighted by atomic mass is 32.2. The second kappa shape index (κ2) is 7.46. The molecule has 0 fully saturated rings. The number of hydrogen-bond donors (Lipinski definition) is 1. The van der Waals surface area contributed by atoms with Crippen molar-refractivity contribution in [2.45, 2.75) is 18.7 Å². The average Bonchev–Trinajstić information content (AvgIpc) is 3.10. The molecule has 0 bridgehead atoms. The molecule has 1 atom stereocenters. The summed E-state index contributed by atoms with van der Waals surface area (Å²) in [5.74, 6) is 3.41. The molecular formula is C17H19NO4S. The largest absolute Gasteiger partial charge is 0.486 e. The van der Waals surface area contributed by atoms with Gasteiger partial charge in [0.25, 0.3) is 0 Å². The number of benzene rings is 1.